The number of hydrogen-bond donors (Lipinski definition) is 1. The maximum absolute atomic E-state index is 12.4. The molecule has 0 spiro atoms. The van der Waals surface area contributed by atoms with Gasteiger partial charge < -0.3 is 5.32 Å². The largest absolute Gasteiger partial charge is 0.346 e. The highest BCUT2D eigenvalue weighted by atomic mass is 35.5. The van der Waals surface area contributed by atoms with Crippen LogP contribution in [0.1, 0.15) is 35.2 Å². The van der Waals surface area contributed by atoms with Gasteiger partial charge in [0, 0.05) is 21.1 Å². The molecule has 0 aromatic heterocycles. The molecule has 1 fully saturated rings. The molecule has 1 saturated carbocycles. The average molecular weight is 334 g/mol. The van der Waals surface area contributed by atoms with Gasteiger partial charge in [-0.3, -0.25) is 4.79 Å². The molecule has 0 atom stereocenters. The number of nitrogens with one attached hydrogen (secondary N) is 1. The predicted molar refractivity (Wildman–Crippen MR) is 90.7 cm³/mol. The summed E-state index contributed by atoms with van der Waals surface area (Å²) in [6.07, 6.45) is 4.00. The summed E-state index contributed by atoms with van der Waals surface area (Å²) in [6.45, 7) is 0. The quantitative estimate of drug-likeness (QED) is 0.847. The number of hydrogen-bond acceptors (Lipinski definition) is 1. The first-order valence-corrected chi connectivity index (χ1v) is 8.14. The Balaban J connectivity index is 1.71. The summed E-state index contributed by atoms with van der Waals surface area (Å²) >= 11 is 11.8. The molecule has 114 valence electrons. The van der Waals surface area contributed by atoms with Crippen LogP contribution in [0.25, 0.3) is 0 Å². The van der Waals surface area contributed by atoms with Gasteiger partial charge in [-0.1, -0.05) is 35.3 Å². The van der Waals surface area contributed by atoms with Crippen molar-refractivity contribution in [3.05, 3.63) is 69.7 Å². The van der Waals surface area contributed by atoms with Crippen molar-refractivity contribution in [3.63, 3.8) is 0 Å². The molecule has 0 bridgehead atoms. The van der Waals surface area contributed by atoms with Crippen LogP contribution in [-0.4, -0.2) is 11.4 Å². The zero-order valence-corrected chi connectivity index (χ0v) is 13.6. The molecule has 3 rings (SSSR count). The Morgan fingerprint density at radius 1 is 0.955 bits per heavy atom. The number of halogens is 2. The molecule has 2 nitrogen and oxygen atoms in total. The van der Waals surface area contributed by atoms with Gasteiger partial charge >= 0.3 is 0 Å². The highest BCUT2D eigenvalue weighted by Crippen LogP contribution is 2.35. The van der Waals surface area contributed by atoms with E-state index >= 15 is 0 Å². The van der Waals surface area contributed by atoms with E-state index in [1.165, 1.54) is 5.56 Å². The van der Waals surface area contributed by atoms with Crippen LogP contribution in [0.4, 0.5) is 0 Å². The molecule has 2 aromatic rings. The van der Waals surface area contributed by atoms with Crippen molar-refractivity contribution in [2.75, 3.05) is 0 Å². The van der Waals surface area contributed by atoms with Crippen LogP contribution in [0.3, 0.4) is 0 Å². The fraction of sp³-hybridized carbons (Fsp3) is 0.278. The van der Waals surface area contributed by atoms with Gasteiger partial charge in [-0.2, -0.15) is 0 Å². The smallest absolute Gasteiger partial charge is 0.251 e. The van der Waals surface area contributed by atoms with Crippen molar-refractivity contribution in [3.8, 4) is 0 Å². The molecule has 0 saturated heterocycles. The van der Waals surface area contributed by atoms with E-state index in [-0.39, 0.29) is 11.4 Å². The molecule has 0 radical (unpaired) electrons. The third kappa shape index (κ3) is 3.45. The molecule has 22 heavy (non-hydrogen) atoms. The molecule has 1 amide bonds. The second-order valence-electron chi connectivity index (χ2n) is 5.90. The van der Waals surface area contributed by atoms with Crippen LogP contribution in [-0.2, 0) is 6.42 Å². The van der Waals surface area contributed by atoms with E-state index in [0.29, 0.717) is 10.6 Å². The van der Waals surface area contributed by atoms with Crippen LogP contribution < -0.4 is 5.32 Å². The maximum Gasteiger partial charge on any atom is 0.251 e. The zero-order valence-electron chi connectivity index (χ0n) is 12.1. The Labute approximate surface area is 140 Å². The first-order valence-electron chi connectivity index (χ1n) is 7.39. The third-order valence-corrected chi connectivity index (χ3v) is 4.76. The minimum absolute atomic E-state index is 0.0367. The van der Waals surface area contributed by atoms with E-state index in [4.69, 9.17) is 23.2 Å². The predicted octanol–water partition coefficient (Wildman–Crippen LogP) is 4.89. The number of benzene rings is 2. The Morgan fingerprint density at radius 3 is 2.00 bits per heavy atom. The molecule has 2 aromatic carbocycles. The molecule has 1 aliphatic rings. The third-order valence-electron chi connectivity index (χ3n) is 4.25. The lowest BCUT2D eigenvalue weighted by Gasteiger charge is -2.43. The highest BCUT2D eigenvalue weighted by Gasteiger charge is 2.38. The van der Waals surface area contributed by atoms with Gasteiger partial charge in [0.25, 0.3) is 5.91 Å². The lowest BCUT2D eigenvalue weighted by atomic mass is 9.72. The van der Waals surface area contributed by atoms with Crippen molar-refractivity contribution >= 4 is 29.1 Å². The van der Waals surface area contributed by atoms with Crippen LogP contribution in [0, 0.1) is 0 Å². The zero-order chi connectivity index (χ0) is 15.6. The summed E-state index contributed by atoms with van der Waals surface area (Å²) in [7, 11) is 0. The maximum atomic E-state index is 12.4. The summed E-state index contributed by atoms with van der Waals surface area (Å²) in [5, 5.41) is 4.58. The Kier molecular flexibility index (Phi) is 4.42. The van der Waals surface area contributed by atoms with Crippen LogP contribution >= 0.6 is 23.2 Å². The fourth-order valence-electron chi connectivity index (χ4n) is 2.86. The SMILES string of the molecule is O=C(NC1(Cc2ccc(Cl)cc2)CCC1)c1ccc(Cl)cc1. The molecule has 0 aliphatic heterocycles. The number of amides is 1. The number of carbonyl (C=O) groups excluding carboxylic acids is 1. The van der Waals surface area contributed by atoms with Crippen LogP contribution in [0.15, 0.2) is 48.5 Å². The van der Waals surface area contributed by atoms with Crippen molar-refractivity contribution in [2.24, 2.45) is 0 Å². The topological polar surface area (TPSA) is 29.1 Å². The van der Waals surface area contributed by atoms with Crippen LogP contribution in [0.5, 0.6) is 0 Å². The first kappa shape index (κ1) is 15.4. The van der Waals surface area contributed by atoms with Gasteiger partial charge in [0.05, 0.1) is 0 Å². The number of rotatable bonds is 4. The van der Waals surface area contributed by atoms with Crippen molar-refractivity contribution in [1.82, 2.24) is 5.32 Å². The lowest BCUT2D eigenvalue weighted by Crippen LogP contribution is -2.55. The Hall–Kier alpha value is -1.51. The van der Waals surface area contributed by atoms with Crippen LogP contribution in [0.2, 0.25) is 10.0 Å². The highest BCUT2D eigenvalue weighted by molar-refractivity contribution is 6.30. The summed E-state index contributed by atoms with van der Waals surface area (Å²) in [6, 6.07) is 14.8. The van der Waals surface area contributed by atoms with Gasteiger partial charge in [-0.05, 0) is 67.6 Å². The summed E-state index contributed by atoms with van der Waals surface area (Å²) in [4.78, 5) is 12.4. The summed E-state index contributed by atoms with van der Waals surface area (Å²) in [5.74, 6) is -0.0367. The normalized spacial score (nSPS) is 15.9. The first-order chi connectivity index (χ1) is 10.6. The Morgan fingerprint density at radius 2 is 1.50 bits per heavy atom. The monoisotopic (exact) mass is 333 g/mol. The molecule has 1 N–H and O–H groups in total. The molecule has 4 heteroatoms. The molecule has 0 unspecified atom stereocenters. The van der Waals surface area contributed by atoms with Crippen molar-refractivity contribution in [1.29, 1.82) is 0 Å². The number of carbonyl (C=O) groups is 1. The van der Waals surface area contributed by atoms with Crippen molar-refractivity contribution < 1.29 is 4.79 Å². The van der Waals surface area contributed by atoms with Crippen molar-refractivity contribution in [2.45, 2.75) is 31.2 Å². The minimum Gasteiger partial charge on any atom is -0.346 e. The lowest BCUT2D eigenvalue weighted by molar-refractivity contribution is 0.0827. The minimum atomic E-state index is -0.134. The molecular formula is C18H17Cl2NO. The van der Waals surface area contributed by atoms with E-state index in [2.05, 4.69) is 5.32 Å². The Bertz CT molecular complexity index is 660. The fourth-order valence-corrected chi connectivity index (χ4v) is 3.11. The van der Waals surface area contributed by atoms with Gasteiger partial charge in [0.15, 0.2) is 0 Å². The van der Waals surface area contributed by atoms with Gasteiger partial charge in [-0.25, -0.2) is 0 Å². The van der Waals surface area contributed by atoms with E-state index in [1.54, 1.807) is 24.3 Å². The molecular weight excluding hydrogens is 317 g/mol. The second kappa shape index (κ2) is 6.31. The standard InChI is InChI=1S/C18H17Cl2NO/c19-15-6-2-13(3-7-15)12-18(10-1-11-18)21-17(22)14-4-8-16(20)9-5-14/h2-9H,1,10-12H2,(H,21,22). The van der Waals surface area contributed by atoms with Gasteiger partial charge in [0.1, 0.15) is 0 Å². The average Bonchev–Trinajstić information content (AvgIpc) is 2.48. The van der Waals surface area contributed by atoms with Gasteiger partial charge in [0.2, 0.25) is 0 Å². The second-order valence-corrected chi connectivity index (χ2v) is 6.77. The van der Waals surface area contributed by atoms with E-state index in [9.17, 15) is 4.79 Å². The van der Waals surface area contributed by atoms with Gasteiger partial charge in [-0.15, -0.1) is 0 Å². The molecule has 0 heterocycles. The molecule has 1 aliphatic carbocycles. The summed E-state index contributed by atoms with van der Waals surface area (Å²) < 4.78 is 0. The van der Waals surface area contributed by atoms with E-state index in [0.717, 1.165) is 30.7 Å². The summed E-state index contributed by atoms with van der Waals surface area (Å²) in [5.41, 5.74) is 1.71. The van der Waals surface area contributed by atoms with E-state index in [1.807, 2.05) is 24.3 Å². The van der Waals surface area contributed by atoms with E-state index < -0.39 is 0 Å².